The molecular weight excluding hydrogens is 367 g/mol. The zero-order valence-corrected chi connectivity index (χ0v) is 14.9. The van der Waals surface area contributed by atoms with Crippen molar-refractivity contribution in [2.24, 2.45) is 0 Å². The van der Waals surface area contributed by atoms with Crippen LogP contribution in [0.15, 0.2) is 57.7 Å². The van der Waals surface area contributed by atoms with Crippen molar-refractivity contribution >= 4 is 28.8 Å². The minimum atomic E-state index is -0.303. The standard InChI is InChI=1S/C19H15FN4O2S/c20-12-5-3-10(4-6-12)11-8-13-16(14(25)9-11)17(15-2-1-7-27-15)22-19-18(21-13)23-26-24-19/h1-7,11,17H,8-9H2,(H,21,23)(H,22,24)/t11-,17-/m0/s1. The van der Waals surface area contributed by atoms with Crippen LogP contribution in [0.5, 0.6) is 0 Å². The van der Waals surface area contributed by atoms with Crippen LogP contribution in [0.1, 0.15) is 35.2 Å². The molecule has 5 rings (SSSR count). The third kappa shape index (κ3) is 2.82. The van der Waals surface area contributed by atoms with Crippen molar-refractivity contribution in [2.45, 2.75) is 24.8 Å². The van der Waals surface area contributed by atoms with E-state index < -0.39 is 0 Å². The zero-order chi connectivity index (χ0) is 18.4. The van der Waals surface area contributed by atoms with Crippen molar-refractivity contribution in [3.8, 4) is 0 Å². The van der Waals surface area contributed by atoms with E-state index >= 15 is 0 Å². The summed E-state index contributed by atoms with van der Waals surface area (Å²) in [5.41, 5.74) is 2.46. The summed E-state index contributed by atoms with van der Waals surface area (Å²) >= 11 is 1.58. The number of carbonyl (C=O) groups is 1. The van der Waals surface area contributed by atoms with Crippen LogP contribution >= 0.6 is 11.3 Å². The molecule has 0 amide bonds. The SMILES string of the molecule is O=C1C[C@@H](c2ccc(F)cc2)CC2=C1[C@H](c1cccs1)Nc1nonc1N2. The van der Waals surface area contributed by atoms with Crippen LogP contribution in [0.2, 0.25) is 0 Å². The third-order valence-electron chi connectivity index (χ3n) is 5.00. The van der Waals surface area contributed by atoms with Gasteiger partial charge in [0.05, 0.1) is 6.04 Å². The van der Waals surface area contributed by atoms with Gasteiger partial charge in [0.2, 0.25) is 11.6 Å². The second kappa shape index (κ2) is 6.31. The molecule has 8 heteroatoms. The number of aromatic nitrogens is 2. The number of allylic oxidation sites excluding steroid dienone is 1. The van der Waals surface area contributed by atoms with Crippen molar-refractivity contribution in [3.05, 3.63) is 69.3 Å². The summed E-state index contributed by atoms with van der Waals surface area (Å²) in [5.74, 6) is 0.706. The summed E-state index contributed by atoms with van der Waals surface area (Å²) in [6.07, 6.45) is 1.01. The maximum atomic E-state index is 13.3. The van der Waals surface area contributed by atoms with Crippen LogP contribution in [-0.2, 0) is 4.79 Å². The molecule has 0 fully saturated rings. The van der Waals surface area contributed by atoms with Crippen LogP contribution < -0.4 is 10.6 Å². The molecule has 2 aliphatic rings. The van der Waals surface area contributed by atoms with Gasteiger partial charge in [-0.3, -0.25) is 4.79 Å². The molecule has 27 heavy (non-hydrogen) atoms. The summed E-state index contributed by atoms with van der Waals surface area (Å²) < 4.78 is 18.1. The fourth-order valence-electron chi connectivity index (χ4n) is 3.74. The number of fused-ring (bicyclic) bond motifs is 1. The lowest BCUT2D eigenvalue weighted by Crippen LogP contribution is -2.26. The van der Waals surface area contributed by atoms with Crippen molar-refractivity contribution in [1.29, 1.82) is 0 Å². The maximum absolute atomic E-state index is 13.3. The van der Waals surface area contributed by atoms with Gasteiger partial charge in [0.15, 0.2) is 5.78 Å². The van der Waals surface area contributed by atoms with Gasteiger partial charge in [-0.15, -0.1) is 11.3 Å². The maximum Gasteiger partial charge on any atom is 0.219 e. The molecule has 0 radical (unpaired) electrons. The molecule has 0 spiro atoms. The van der Waals surface area contributed by atoms with E-state index in [0.29, 0.717) is 30.1 Å². The Morgan fingerprint density at radius 3 is 2.70 bits per heavy atom. The molecule has 1 aliphatic heterocycles. The lowest BCUT2D eigenvalue weighted by Gasteiger charge is -2.29. The van der Waals surface area contributed by atoms with Gasteiger partial charge in [-0.1, -0.05) is 18.2 Å². The molecule has 0 bridgehead atoms. The molecule has 1 aromatic carbocycles. The van der Waals surface area contributed by atoms with Gasteiger partial charge < -0.3 is 10.6 Å². The molecule has 3 aromatic rings. The van der Waals surface area contributed by atoms with E-state index in [1.807, 2.05) is 17.5 Å². The van der Waals surface area contributed by atoms with Crippen LogP contribution in [0.3, 0.4) is 0 Å². The Labute approximate surface area is 158 Å². The number of Topliss-reactive ketones (excluding diaryl/α,β-unsaturated/α-hetero) is 1. The number of halogens is 1. The quantitative estimate of drug-likeness (QED) is 0.690. The number of carbonyl (C=O) groups excluding carboxylic acids is 1. The molecule has 2 atom stereocenters. The number of hydrogen-bond donors (Lipinski definition) is 2. The number of nitrogens with zero attached hydrogens (tertiary/aromatic N) is 2. The number of ketones is 1. The first kappa shape index (κ1) is 16.2. The number of rotatable bonds is 2. The third-order valence-corrected chi connectivity index (χ3v) is 5.94. The lowest BCUT2D eigenvalue weighted by atomic mass is 9.79. The molecule has 0 saturated heterocycles. The normalized spacial score (nSPS) is 21.7. The zero-order valence-electron chi connectivity index (χ0n) is 14.1. The van der Waals surface area contributed by atoms with E-state index in [2.05, 4.69) is 20.9 Å². The Bertz CT molecular complexity index is 1030. The number of nitrogens with one attached hydrogen (secondary N) is 2. The molecule has 136 valence electrons. The Morgan fingerprint density at radius 1 is 1.11 bits per heavy atom. The molecule has 2 aromatic heterocycles. The molecular formula is C19H15FN4O2S. The van der Waals surface area contributed by atoms with Crippen molar-refractivity contribution in [3.63, 3.8) is 0 Å². The summed E-state index contributed by atoms with van der Waals surface area (Å²) in [5, 5.41) is 16.3. The van der Waals surface area contributed by atoms with E-state index in [9.17, 15) is 9.18 Å². The number of benzene rings is 1. The highest BCUT2D eigenvalue weighted by atomic mass is 32.1. The minimum Gasteiger partial charge on any atom is -0.352 e. The predicted octanol–water partition coefficient (Wildman–Crippen LogP) is 4.25. The summed E-state index contributed by atoms with van der Waals surface area (Å²) in [6.45, 7) is 0. The Morgan fingerprint density at radius 2 is 1.93 bits per heavy atom. The molecule has 1 aliphatic carbocycles. The smallest absolute Gasteiger partial charge is 0.219 e. The van der Waals surface area contributed by atoms with Gasteiger partial charge in [0.25, 0.3) is 0 Å². The van der Waals surface area contributed by atoms with E-state index in [1.165, 1.54) is 12.1 Å². The average Bonchev–Trinajstić information content (AvgIpc) is 3.31. The molecule has 3 heterocycles. The Kier molecular flexibility index (Phi) is 3.78. The number of hydrogen-bond acceptors (Lipinski definition) is 7. The van der Waals surface area contributed by atoms with Crippen LogP contribution in [-0.4, -0.2) is 16.1 Å². The van der Waals surface area contributed by atoms with Gasteiger partial charge in [0, 0.05) is 22.6 Å². The topological polar surface area (TPSA) is 80.1 Å². The fraction of sp³-hybridized carbons (Fsp3) is 0.211. The number of thiophene rings is 1. The summed E-state index contributed by atoms with van der Waals surface area (Å²) in [7, 11) is 0. The largest absolute Gasteiger partial charge is 0.352 e. The first-order chi connectivity index (χ1) is 13.2. The van der Waals surface area contributed by atoms with Crippen molar-refractivity contribution in [2.75, 3.05) is 10.6 Å². The second-order valence-corrected chi connectivity index (χ2v) is 7.63. The van der Waals surface area contributed by atoms with Crippen LogP contribution in [0, 0.1) is 5.82 Å². The highest BCUT2D eigenvalue weighted by Crippen LogP contribution is 2.44. The Hall–Kier alpha value is -3.00. The van der Waals surface area contributed by atoms with Crippen molar-refractivity contribution in [1.82, 2.24) is 10.3 Å². The van der Waals surface area contributed by atoms with E-state index in [-0.39, 0.29) is 23.6 Å². The van der Waals surface area contributed by atoms with Gasteiger partial charge in [-0.05, 0) is 51.8 Å². The monoisotopic (exact) mass is 382 g/mol. The predicted molar refractivity (Wildman–Crippen MR) is 99.0 cm³/mol. The highest BCUT2D eigenvalue weighted by molar-refractivity contribution is 7.10. The fourth-order valence-corrected chi connectivity index (χ4v) is 4.53. The molecule has 0 saturated carbocycles. The Balaban J connectivity index is 1.58. The van der Waals surface area contributed by atoms with Crippen LogP contribution in [0.25, 0.3) is 0 Å². The number of anilines is 2. The average molecular weight is 382 g/mol. The summed E-state index contributed by atoms with van der Waals surface area (Å²) in [6, 6.07) is 9.99. The van der Waals surface area contributed by atoms with E-state index in [4.69, 9.17) is 4.63 Å². The molecule has 0 unspecified atom stereocenters. The second-order valence-electron chi connectivity index (χ2n) is 6.65. The van der Waals surface area contributed by atoms with Crippen molar-refractivity contribution < 1.29 is 13.8 Å². The minimum absolute atomic E-state index is 0.0188. The summed E-state index contributed by atoms with van der Waals surface area (Å²) in [4.78, 5) is 14.2. The van der Waals surface area contributed by atoms with Crippen LogP contribution in [0.4, 0.5) is 16.0 Å². The molecule has 6 nitrogen and oxygen atoms in total. The van der Waals surface area contributed by atoms with Gasteiger partial charge in [-0.25, -0.2) is 9.02 Å². The van der Waals surface area contributed by atoms with Gasteiger partial charge in [0.1, 0.15) is 5.82 Å². The van der Waals surface area contributed by atoms with Gasteiger partial charge >= 0.3 is 0 Å². The van der Waals surface area contributed by atoms with E-state index in [1.54, 1.807) is 23.5 Å². The van der Waals surface area contributed by atoms with E-state index in [0.717, 1.165) is 16.1 Å². The first-order valence-corrected chi connectivity index (χ1v) is 9.48. The highest BCUT2D eigenvalue weighted by Gasteiger charge is 2.37. The lowest BCUT2D eigenvalue weighted by molar-refractivity contribution is -0.116. The molecule has 2 N–H and O–H groups in total. The van der Waals surface area contributed by atoms with Gasteiger partial charge in [-0.2, -0.15) is 0 Å². The first-order valence-electron chi connectivity index (χ1n) is 8.60.